The van der Waals surface area contributed by atoms with Gasteiger partial charge < -0.3 is 14.4 Å². The molecule has 2 aromatic rings. The third-order valence-electron chi connectivity index (χ3n) is 5.19. The first-order valence-corrected chi connectivity index (χ1v) is 9.88. The van der Waals surface area contributed by atoms with Gasteiger partial charge in [0, 0.05) is 29.8 Å². The van der Waals surface area contributed by atoms with E-state index in [1.165, 1.54) is 35.4 Å². The molecule has 1 atom stereocenters. The van der Waals surface area contributed by atoms with Crippen molar-refractivity contribution < 1.29 is 9.47 Å². The van der Waals surface area contributed by atoms with E-state index in [1.54, 1.807) is 0 Å². The van der Waals surface area contributed by atoms with Crippen LogP contribution in [0, 0.1) is 0 Å². The van der Waals surface area contributed by atoms with Crippen molar-refractivity contribution in [2.45, 2.75) is 24.8 Å². The highest BCUT2D eigenvalue weighted by molar-refractivity contribution is 7.99. The molecule has 2 aliphatic heterocycles. The lowest BCUT2D eigenvalue weighted by atomic mass is 10.0. The van der Waals surface area contributed by atoms with Gasteiger partial charge in [0.2, 0.25) is 6.79 Å². The van der Waals surface area contributed by atoms with Crippen LogP contribution in [0.5, 0.6) is 11.5 Å². The second kappa shape index (κ2) is 5.92. The van der Waals surface area contributed by atoms with Crippen molar-refractivity contribution in [1.82, 2.24) is 0 Å². The lowest BCUT2D eigenvalue weighted by molar-refractivity contribution is 0.174. The SMILES string of the molecule is c1cc([C@H]2CSCCN2c2ccc3c(c2)OCO3)ccc1C1CC1. The molecule has 0 aromatic heterocycles. The summed E-state index contributed by atoms with van der Waals surface area (Å²) in [4.78, 5) is 2.52. The second-order valence-corrected chi connectivity index (χ2v) is 7.91. The maximum absolute atomic E-state index is 5.57. The highest BCUT2D eigenvalue weighted by Crippen LogP contribution is 2.42. The number of hydrogen-bond acceptors (Lipinski definition) is 4. The Hall–Kier alpha value is -1.81. The predicted molar refractivity (Wildman–Crippen MR) is 98.4 cm³/mol. The van der Waals surface area contributed by atoms with Crippen LogP contribution in [0.4, 0.5) is 5.69 Å². The van der Waals surface area contributed by atoms with Gasteiger partial charge in [-0.05, 0) is 42.0 Å². The first-order chi connectivity index (χ1) is 11.9. The number of fused-ring (bicyclic) bond motifs is 1. The summed E-state index contributed by atoms with van der Waals surface area (Å²) in [6.45, 7) is 1.40. The van der Waals surface area contributed by atoms with E-state index in [2.05, 4.69) is 41.3 Å². The van der Waals surface area contributed by atoms with Crippen LogP contribution in [-0.4, -0.2) is 24.8 Å². The van der Waals surface area contributed by atoms with Gasteiger partial charge >= 0.3 is 0 Å². The van der Waals surface area contributed by atoms with E-state index in [4.69, 9.17) is 9.47 Å². The summed E-state index contributed by atoms with van der Waals surface area (Å²) in [5, 5.41) is 0. The molecule has 3 aliphatic rings. The average Bonchev–Trinajstić information content (AvgIpc) is 3.39. The highest BCUT2D eigenvalue weighted by atomic mass is 32.2. The van der Waals surface area contributed by atoms with Gasteiger partial charge in [0.15, 0.2) is 11.5 Å². The van der Waals surface area contributed by atoms with Crippen molar-refractivity contribution in [3.63, 3.8) is 0 Å². The van der Waals surface area contributed by atoms with Gasteiger partial charge in [-0.15, -0.1) is 0 Å². The first-order valence-electron chi connectivity index (χ1n) is 8.72. The monoisotopic (exact) mass is 339 g/mol. The Bertz CT molecular complexity index is 742. The third kappa shape index (κ3) is 2.63. The van der Waals surface area contributed by atoms with E-state index in [9.17, 15) is 0 Å². The Morgan fingerprint density at radius 3 is 2.54 bits per heavy atom. The minimum absolute atomic E-state index is 0.334. The molecule has 3 nitrogen and oxygen atoms in total. The molecule has 2 aromatic carbocycles. The van der Waals surface area contributed by atoms with Crippen molar-refractivity contribution >= 4 is 17.4 Å². The van der Waals surface area contributed by atoms with Crippen molar-refractivity contribution in [2.75, 3.05) is 29.7 Å². The number of anilines is 1. The summed E-state index contributed by atoms with van der Waals surface area (Å²) >= 11 is 2.05. The highest BCUT2D eigenvalue weighted by Gasteiger charge is 2.27. The van der Waals surface area contributed by atoms with E-state index >= 15 is 0 Å². The Morgan fingerprint density at radius 1 is 0.917 bits per heavy atom. The molecule has 24 heavy (non-hydrogen) atoms. The standard InChI is InChI=1S/C20H21NO2S/c1-2-14(1)15-3-5-16(6-4-15)18-12-24-10-9-21(18)17-7-8-19-20(11-17)23-13-22-19/h3-8,11,14,18H,1-2,9-10,12-13H2/t18-/m1/s1. The Kier molecular flexibility index (Phi) is 3.58. The molecule has 1 saturated carbocycles. The van der Waals surface area contributed by atoms with E-state index < -0.39 is 0 Å². The first kappa shape index (κ1) is 14.5. The van der Waals surface area contributed by atoms with Gasteiger partial charge in [-0.2, -0.15) is 11.8 Å². The zero-order chi connectivity index (χ0) is 15.9. The summed E-state index contributed by atoms with van der Waals surface area (Å²) in [7, 11) is 0. The van der Waals surface area contributed by atoms with Gasteiger partial charge in [-0.25, -0.2) is 0 Å². The van der Waals surface area contributed by atoms with Crippen LogP contribution in [0.15, 0.2) is 42.5 Å². The number of benzene rings is 2. The fourth-order valence-corrected chi connectivity index (χ4v) is 4.75. The smallest absolute Gasteiger partial charge is 0.231 e. The lowest BCUT2D eigenvalue weighted by Gasteiger charge is -2.37. The topological polar surface area (TPSA) is 21.7 Å². The summed E-state index contributed by atoms with van der Waals surface area (Å²) in [6, 6.07) is 16.1. The third-order valence-corrected chi connectivity index (χ3v) is 6.21. The molecular formula is C20H21NO2S. The molecule has 1 saturated heterocycles. The van der Waals surface area contributed by atoms with Crippen LogP contribution in [-0.2, 0) is 0 Å². The van der Waals surface area contributed by atoms with Gasteiger partial charge in [-0.3, -0.25) is 0 Å². The molecule has 0 N–H and O–H groups in total. The molecule has 124 valence electrons. The summed E-state index contributed by atoms with van der Waals surface area (Å²) < 4.78 is 11.0. The molecule has 2 heterocycles. The van der Waals surface area contributed by atoms with Gasteiger partial charge in [0.1, 0.15) is 0 Å². The molecule has 0 amide bonds. The van der Waals surface area contributed by atoms with Crippen molar-refractivity contribution in [3.05, 3.63) is 53.6 Å². The van der Waals surface area contributed by atoms with Crippen LogP contribution in [0.3, 0.4) is 0 Å². The minimum atomic E-state index is 0.334. The van der Waals surface area contributed by atoms with Gasteiger partial charge in [0.05, 0.1) is 6.04 Å². The Labute approximate surface area is 147 Å². The van der Waals surface area contributed by atoms with Crippen molar-refractivity contribution in [3.8, 4) is 11.5 Å². The molecule has 0 radical (unpaired) electrons. The number of rotatable bonds is 3. The number of hydrogen-bond donors (Lipinski definition) is 0. The number of ether oxygens (including phenoxy) is 2. The zero-order valence-electron chi connectivity index (χ0n) is 13.6. The minimum Gasteiger partial charge on any atom is -0.454 e. The molecule has 5 rings (SSSR count). The largest absolute Gasteiger partial charge is 0.454 e. The molecular weight excluding hydrogens is 318 g/mol. The quantitative estimate of drug-likeness (QED) is 0.815. The normalized spacial score (nSPS) is 22.7. The van der Waals surface area contributed by atoms with Crippen LogP contribution in [0.25, 0.3) is 0 Å². The second-order valence-electron chi connectivity index (χ2n) is 6.76. The molecule has 1 aliphatic carbocycles. The zero-order valence-corrected chi connectivity index (χ0v) is 14.4. The maximum Gasteiger partial charge on any atom is 0.231 e. The van der Waals surface area contributed by atoms with Crippen LogP contribution >= 0.6 is 11.8 Å². The summed E-state index contributed by atoms with van der Waals surface area (Å²) in [5.74, 6) is 4.86. The van der Waals surface area contributed by atoms with Crippen molar-refractivity contribution in [1.29, 1.82) is 0 Å². The summed E-state index contributed by atoms with van der Waals surface area (Å²) in [5.41, 5.74) is 4.16. The fourth-order valence-electron chi connectivity index (χ4n) is 3.66. The van der Waals surface area contributed by atoms with E-state index in [0.717, 1.165) is 29.7 Å². The molecule has 0 bridgehead atoms. The van der Waals surface area contributed by atoms with Crippen LogP contribution in [0.1, 0.15) is 35.9 Å². The fraction of sp³-hybridized carbons (Fsp3) is 0.400. The van der Waals surface area contributed by atoms with Gasteiger partial charge in [0.25, 0.3) is 0 Å². The van der Waals surface area contributed by atoms with Gasteiger partial charge in [-0.1, -0.05) is 24.3 Å². The summed E-state index contributed by atoms with van der Waals surface area (Å²) in [6.07, 6.45) is 2.73. The van der Waals surface area contributed by atoms with E-state index in [1.807, 2.05) is 17.8 Å². The lowest BCUT2D eigenvalue weighted by Crippen LogP contribution is -2.36. The average molecular weight is 339 g/mol. The van der Waals surface area contributed by atoms with Crippen LogP contribution in [0.2, 0.25) is 0 Å². The van der Waals surface area contributed by atoms with E-state index in [-0.39, 0.29) is 0 Å². The molecule has 0 spiro atoms. The molecule has 0 unspecified atom stereocenters. The number of thioether (sulfide) groups is 1. The van der Waals surface area contributed by atoms with E-state index in [0.29, 0.717) is 12.8 Å². The maximum atomic E-state index is 5.57. The van der Waals surface area contributed by atoms with Crippen molar-refractivity contribution in [2.24, 2.45) is 0 Å². The molecule has 2 fully saturated rings. The Morgan fingerprint density at radius 2 is 1.71 bits per heavy atom. The van der Waals surface area contributed by atoms with Crippen LogP contribution < -0.4 is 14.4 Å². The predicted octanol–water partition coefficient (Wildman–Crippen LogP) is 4.59. The number of nitrogens with zero attached hydrogens (tertiary/aromatic N) is 1. The Balaban J connectivity index is 1.44. The molecule has 4 heteroatoms.